The maximum Gasteiger partial charge on any atom is 0.269 e. The number of benzene rings is 1. The van der Waals surface area contributed by atoms with Crippen molar-refractivity contribution < 1.29 is 9.66 Å². The van der Waals surface area contributed by atoms with Crippen LogP contribution in [-0.2, 0) is 4.74 Å². The number of rotatable bonds is 3. The molecule has 1 heterocycles. The van der Waals surface area contributed by atoms with Gasteiger partial charge in [-0.3, -0.25) is 10.1 Å². The van der Waals surface area contributed by atoms with Crippen molar-refractivity contribution in [3.8, 4) is 0 Å². The summed E-state index contributed by atoms with van der Waals surface area (Å²) >= 11 is 0. The van der Waals surface area contributed by atoms with E-state index in [1.165, 1.54) is 12.8 Å². The van der Waals surface area contributed by atoms with Crippen molar-refractivity contribution in [1.82, 2.24) is 0 Å². The van der Waals surface area contributed by atoms with Crippen LogP contribution >= 0.6 is 0 Å². The third kappa shape index (κ3) is 2.56. The molecule has 1 saturated carbocycles. The first-order valence-electron chi connectivity index (χ1n) is 6.86. The Hall–Kier alpha value is -1.62. The minimum Gasteiger partial charge on any atom is -0.382 e. The molecular weight excluding hydrogens is 244 g/mol. The van der Waals surface area contributed by atoms with Crippen molar-refractivity contribution in [3.05, 3.63) is 34.4 Å². The van der Waals surface area contributed by atoms with E-state index in [0.717, 1.165) is 25.1 Å². The summed E-state index contributed by atoms with van der Waals surface area (Å²) in [5, 5.41) is 14.1. The number of hydrogen-bond acceptors (Lipinski definition) is 4. The third-order valence-corrected chi connectivity index (χ3v) is 4.21. The topological polar surface area (TPSA) is 64.4 Å². The Morgan fingerprint density at radius 1 is 1.21 bits per heavy atom. The zero-order chi connectivity index (χ0) is 13.2. The molecule has 3 rings (SSSR count). The van der Waals surface area contributed by atoms with Crippen molar-refractivity contribution in [2.45, 2.75) is 37.8 Å². The minimum absolute atomic E-state index is 0.135. The lowest BCUT2D eigenvalue weighted by Gasteiger charge is -2.33. The van der Waals surface area contributed by atoms with Crippen LogP contribution in [0.1, 0.15) is 25.7 Å². The molecule has 5 heteroatoms. The van der Waals surface area contributed by atoms with E-state index in [0.29, 0.717) is 18.1 Å². The van der Waals surface area contributed by atoms with Crippen molar-refractivity contribution in [2.75, 3.05) is 11.9 Å². The van der Waals surface area contributed by atoms with Gasteiger partial charge in [-0.25, -0.2) is 0 Å². The number of fused-ring (bicyclic) bond motifs is 1. The molecule has 5 nitrogen and oxygen atoms in total. The summed E-state index contributed by atoms with van der Waals surface area (Å²) in [6, 6.07) is 7.11. The van der Waals surface area contributed by atoms with Crippen LogP contribution in [0.2, 0.25) is 0 Å². The molecule has 102 valence electrons. The number of anilines is 1. The van der Waals surface area contributed by atoms with Crippen molar-refractivity contribution in [2.24, 2.45) is 5.92 Å². The van der Waals surface area contributed by atoms with Crippen LogP contribution in [0.25, 0.3) is 0 Å². The summed E-state index contributed by atoms with van der Waals surface area (Å²) in [7, 11) is 0. The SMILES string of the molecule is O=[N+]([O-])c1ccc(NC2CCCC3OCCC23)cc1. The second-order valence-corrected chi connectivity index (χ2v) is 5.35. The Morgan fingerprint density at radius 3 is 2.74 bits per heavy atom. The van der Waals surface area contributed by atoms with Crippen molar-refractivity contribution >= 4 is 11.4 Å². The Labute approximate surface area is 112 Å². The van der Waals surface area contributed by atoms with E-state index in [1.807, 2.05) is 0 Å². The zero-order valence-electron chi connectivity index (χ0n) is 10.7. The molecule has 19 heavy (non-hydrogen) atoms. The number of non-ortho nitro benzene ring substituents is 1. The van der Waals surface area contributed by atoms with Crippen molar-refractivity contribution in [1.29, 1.82) is 0 Å². The van der Waals surface area contributed by atoms with Gasteiger partial charge < -0.3 is 10.1 Å². The number of nitrogens with one attached hydrogen (secondary N) is 1. The fourth-order valence-corrected chi connectivity index (χ4v) is 3.25. The number of hydrogen-bond donors (Lipinski definition) is 1. The lowest BCUT2D eigenvalue weighted by Crippen LogP contribution is -2.38. The standard InChI is InChI=1S/C14H18N2O3/c17-16(18)11-6-4-10(5-7-11)15-13-2-1-3-14-12(13)8-9-19-14/h4-7,12-15H,1-3,8-9H2. The van der Waals surface area contributed by atoms with Crippen molar-refractivity contribution in [3.63, 3.8) is 0 Å². The highest BCUT2D eigenvalue weighted by atomic mass is 16.6. The quantitative estimate of drug-likeness (QED) is 0.672. The molecule has 2 fully saturated rings. The highest BCUT2D eigenvalue weighted by molar-refractivity contribution is 5.49. The van der Waals surface area contributed by atoms with E-state index in [4.69, 9.17) is 4.74 Å². The highest BCUT2D eigenvalue weighted by Gasteiger charge is 2.37. The molecule has 0 aromatic heterocycles. The molecular formula is C14H18N2O3. The average Bonchev–Trinajstić information content (AvgIpc) is 2.89. The molecule has 0 amide bonds. The van der Waals surface area contributed by atoms with Gasteiger partial charge in [-0.2, -0.15) is 0 Å². The fourth-order valence-electron chi connectivity index (χ4n) is 3.25. The summed E-state index contributed by atoms with van der Waals surface area (Å²) in [5.41, 5.74) is 1.10. The van der Waals surface area contributed by atoms with Crippen LogP contribution in [0, 0.1) is 16.0 Å². The smallest absolute Gasteiger partial charge is 0.269 e. The molecule has 3 atom stereocenters. The van der Waals surface area contributed by atoms with E-state index >= 15 is 0 Å². The Morgan fingerprint density at radius 2 is 2.00 bits per heavy atom. The predicted octanol–water partition coefficient (Wildman–Crippen LogP) is 2.96. The lowest BCUT2D eigenvalue weighted by molar-refractivity contribution is -0.384. The predicted molar refractivity (Wildman–Crippen MR) is 72.2 cm³/mol. The molecule has 3 unspecified atom stereocenters. The van der Waals surface area contributed by atoms with E-state index in [9.17, 15) is 10.1 Å². The fraction of sp³-hybridized carbons (Fsp3) is 0.571. The number of nitro groups is 1. The summed E-state index contributed by atoms with van der Waals surface area (Å²) in [6.07, 6.45) is 5.04. The van der Waals surface area contributed by atoms with E-state index in [1.54, 1.807) is 24.3 Å². The lowest BCUT2D eigenvalue weighted by atomic mass is 9.81. The van der Waals surface area contributed by atoms with Crippen LogP contribution < -0.4 is 5.32 Å². The highest BCUT2D eigenvalue weighted by Crippen LogP contribution is 2.36. The normalized spacial score (nSPS) is 29.8. The summed E-state index contributed by atoms with van der Waals surface area (Å²) in [4.78, 5) is 10.3. The number of nitrogens with zero attached hydrogens (tertiary/aromatic N) is 1. The summed E-state index contributed by atoms with van der Waals surface area (Å²) in [5.74, 6) is 0.587. The first-order chi connectivity index (χ1) is 9.24. The van der Waals surface area contributed by atoms with E-state index in [-0.39, 0.29) is 10.6 Å². The summed E-state index contributed by atoms with van der Waals surface area (Å²) in [6.45, 7) is 0.869. The van der Waals surface area contributed by atoms with E-state index < -0.39 is 0 Å². The zero-order valence-corrected chi connectivity index (χ0v) is 10.7. The molecule has 0 bridgehead atoms. The van der Waals surface area contributed by atoms with Gasteiger partial charge in [0, 0.05) is 36.4 Å². The van der Waals surface area contributed by atoms with Gasteiger partial charge in [0.15, 0.2) is 0 Å². The first kappa shape index (κ1) is 12.4. The van der Waals surface area contributed by atoms with Crippen LogP contribution in [0.3, 0.4) is 0 Å². The van der Waals surface area contributed by atoms with Crippen LogP contribution in [0.5, 0.6) is 0 Å². The maximum absolute atomic E-state index is 10.6. The largest absolute Gasteiger partial charge is 0.382 e. The van der Waals surface area contributed by atoms with Gasteiger partial charge >= 0.3 is 0 Å². The molecule has 1 aliphatic carbocycles. The second kappa shape index (κ2) is 5.17. The van der Waals surface area contributed by atoms with Crippen LogP contribution in [0.4, 0.5) is 11.4 Å². The molecule has 1 N–H and O–H groups in total. The molecule has 1 aliphatic heterocycles. The molecule has 1 saturated heterocycles. The first-order valence-corrected chi connectivity index (χ1v) is 6.86. The maximum atomic E-state index is 10.6. The monoisotopic (exact) mass is 262 g/mol. The van der Waals surface area contributed by atoms with Gasteiger partial charge in [0.1, 0.15) is 0 Å². The Bertz CT molecular complexity index is 460. The van der Waals surface area contributed by atoms with Gasteiger partial charge in [0.25, 0.3) is 5.69 Å². The third-order valence-electron chi connectivity index (χ3n) is 4.21. The van der Waals surface area contributed by atoms with Gasteiger partial charge in [-0.1, -0.05) is 0 Å². The average molecular weight is 262 g/mol. The number of ether oxygens (including phenoxy) is 1. The number of nitro benzene ring substituents is 1. The Balaban J connectivity index is 1.68. The summed E-state index contributed by atoms with van der Waals surface area (Å²) < 4.78 is 5.75. The van der Waals surface area contributed by atoms with Gasteiger partial charge in [0.2, 0.25) is 0 Å². The van der Waals surface area contributed by atoms with Crippen LogP contribution in [-0.4, -0.2) is 23.7 Å². The van der Waals surface area contributed by atoms with Crippen LogP contribution in [0.15, 0.2) is 24.3 Å². The minimum atomic E-state index is -0.370. The Kier molecular flexibility index (Phi) is 3.38. The second-order valence-electron chi connectivity index (χ2n) is 5.35. The van der Waals surface area contributed by atoms with Gasteiger partial charge in [0.05, 0.1) is 11.0 Å². The molecule has 2 aliphatic rings. The van der Waals surface area contributed by atoms with Gasteiger partial charge in [-0.15, -0.1) is 0 Å². The van der Waals surface area contributed by atoms with Gasteiger partial charge in [-0.05, 0) is 37.8 Å². The molecule has 1 aromatic rings. The molecule has 1 aromatic carbocycles. The molecule has 0 spiro atoms. The molecule has 0 radical (unpaired) electrons. The van der Waals surface area contributed by atoms with E-state index in [2.05, 4.69) is 5.32 Å².